The van der Waals surface area contributed by atoms with E-state index in [4.69, 9.17) is 4.74 Å². The SMILES string of the molecule is COc1ccc(NC(=O)N2CCN(C)C[C@H]2C)cn1. The molecule has 1 N–H and O–H groups in total. The standard InChI is InChI=1S/C13H20N4O2/c1-10-9-16(2)6-7-17(10)13(18)15-11-4-5-12(19-3)14-8-11/h4-5,8,10H,6-7,9H2,1-3H3,(H,15,18)/t10-/m1/s1. The molecule has 0 spiro atoms. The van der Waals surface area contributed by atoms with Crippen LogP contribution in [0.15, 0.2) is 18.3 Å². The number of urea groups is 1. The second-order valence-corrected chi connectivity index (χ2v) is 4.82. The van der Waals surface area contributed by atoms with Crippen molar-refractivity contribution in [2.45, 2.75) is 13.0 Å². The number of hydrogen-bond donors (Lipinski definition) is 1. The molecule has 0 bridgehead atoms. The lowest BCUT2D eigenvalue weighted by atomic mass is 10.2. The molecule has 0 unspecified atom stereocenters. The Hall–Kier alpha value is -1.82. The number of rotatable bonds is 2. The number of aromatic nitrogens is 1. The summed E-state index contributed by atoms with van der Waals surface area (Å²) in [5.74, 6) is 0.533. The number of ether oxygens (including phenoxy) is 1. The third-order valence-electron chi connectivity index (χ3n) is 3.29. The van der Waals surface area contributed by atoms with Crippen LogP contribution in [-0.4, -0.2) is 60.6 Å². The van der Waals surface area contributed by atoms with Crippen molar-refractivity contribution in [1.82, 2.24) is 14.8 Å². The van der Waals surface area contributed by atoms with Crippen molar-refractivity contribution in [3.8, 4) is 5.88 Å². The molecular formula is C13H20N4O2. The van der Waals surface area contributed by atoms with Crippen LogP contribution in [0.5, 0.6) is 5.88 Å². The molecule has 0 saturated carbocycles. The number of pyridine rings is 1. The summed E-state index contributed by atoms with van der Waals surface area (Å²) in [5, 5.41) is 2.86. The van der Waals surface area contributed by atoms with E-state index in [1.54, 1.807) is 25.4 Å². The van der Waals surface area contributed by atoms with Crippen molar-refractivity contribution in [1.29, 1.82) is 0 Å². The second kappa shape index (κ2) is 5.88. The van der Waals surface area contributed by atoms with Crippen LogP contribution in [0.25, 0.3) is 0 Å². The van der Waals surface area contributed by atoms with Crippen LogP contribution in [0.4, 0.5) is 10.5 Å². The van der Waals surface area contributed by atoms with Crippen LogP contribution in [0.2, 0.25) is 0 Å². The van der Waals surface area contributed by atoms with E-state index < -0.39 is 0 Å². The molecule has 1 aliphatic heterocycles. The number of nitrogens with zero attached hydrogens (tertiary/aromatic N) is 3. The molecule has 6 heteroatoms. The molecule has 1 fully saturated rings. The Morgan fingerprint density at radius 3 is 2.84 bits per heavy atom. The normalized spacial score (nSPS) is 20.2. The van der Waals surface area contributed by atoms with Crippen LogP contribution in [0.1, 0.15) is 6.92 Å². The highest BCUT2D eigenvalue weighted by atomic mass is 16.5. The van der Waals surface area contributed by atoms with Gasteiger partial charge in [-0.25, -0.2) is 9.78 Å². The van der Waals surface area contributed by atoms with Gasteiger partial charge in [0.05, 0.1) is 19.0 Å². The first-order chi connectivity index (χ1) is 9.10. The van der Waals surface area contributed by atoms with E-state index in [0.29, 0.717) is 11.6 Å². The fraction of sp³-hybridized carbons (Fsp3) is 0.538. The second-order valence-electron chi connectivity index (χ2n) is 4.82. The third kappa shape index (κ3) is 3.35. The molecule has 19 heavy (non-hydrogen) atoms. The predicted octanol–water partition coefficient (Wildman–Crippen LogP) is 1.26. The Labute approximate surface area is 113 Å². The Morgan fingerprint density at radius 1 is 1.47 bits per heavy atom. The molecule has 0 aliphatic carbocycles. The lowest BCUT2D eigenvalue weighted by Gasteiger charge is -2.38. The summed E-state index contributed by atoms with van der Waals surface area (Å²) in [6, 6.07) is 3.64. The van der Waals surface area contributed by atoms with Crippen molar-refractivity contribution in [3.05, 3.63) is 18.3 Å². The van der Waals surface area contributed by atoms with Crippen LogP contribution in [-0.2, 0) is 0 Å². The van der Waals surface area contributed by atoms with Gasteiger partial charge in [-0.2, -0.15) is 0 Å². The van der Waals surface area contributed by atoms with E-state index in [9.17, 15) is 4.79 Å². The molecule has 1 aromatic heterocycles. The zero-order chi connectivity index (χ0) is 13.8. The summed E-state index contributed by atoms with van der Waals surface area (Å²) in [4.78, 5) is 20.3. The first-order valence-corrected chi connectivity index (χ1v) is 6.36. The number of methoxy groups -OCH3 is 1. The lowest BCUT2D eigenvalue weighted by Crippen LogP contribution is -2.53. The summed E-state index contributed by atoms with van der Waals surface area (Å²) >= 11 is 0. The number of anilines is 1. The maximum Gasteiger partial charge on any atom is 0.322 e. The summed E-state index contributed by atoms with van der Waals surface area (Å²) in [5.41, 5.74) is 0.678. The first-order valence-electron chi connectivity index (χ1n) is 6.36. The van der Waals surface area contributed by atoms with Gasteiger partial charge in [-0.3, -0.25) is 0 Å². The molecule has 2 rings (SSSR count). The summed E-state index contributed by atoms with van der Waals surface area (Å²) < 4.78 is 4.98. The smallest absolute Gasteiger partial charge is 0.322 e. The zero-order valence-electron chi connectivity index (χ0n) is 11.6. The zero-order valence-corrected chi connectivity index (χ0v) is 11.6. The Morgan fingerprint density at radius 2 is 2.26 bits per heavy atom. The van der Waals surface area contributed by atoms with E-state index in [-0.39, 0.29) is 12.1 Å². The minimum Gasteiger partial charge on any atom is -0.481 e. The molecule has 0 radical (unpaired) electrons. The van der Waals surface area contributed by atoms with E-state index in [0.717, 1.165) is 19.6 Å². The van der Waals surface area contributed by atoms with Crippen molar-refractivity contribution in [3.63, 3.8) is 0 Å². The highest BCUT2D eigenvalue weighted by molar-refractivity contribution is 5.89. The topological polar surface area (TPSA) is 57.7 Å². The van der Waals surface area contributed by atoms with Gasteiger partial charge in [0.15, 0.2) is 0 Å². The van der Waals surface area contributed by atoms with Gasteiger partial charge in [-0.15, -0.1) is 0 Å². The molecule has 2 heterocycles. The first kappa shape index (κ1) is 13.6. The average Bonchev–Trinajstić information content (AvgIpc) is 2.39. The van der Waals surface area contributed by atoms with Crippen molar-refractivity contribution < 1.29 is 9.53 Å². The van der Waals surface area contributed by atoms with E-state index in [1.165, 1.54) is 0 Å². The van der Waals surface area contributed by atoms with Crippen molar-refractivity contribution >= 4 is 11.7 Å². The number of hydrogen-bond acceptors (Lipinski definition) is 4. The van der Waals surface area contributed by atoms with Crippen molar-refractivity contribution in [2.75, 3.05) is 39.1 Å². The highest BCUT2D eigenvalue weighted by Crippen LogP contribution is 2.14. The number of likely N-dealkylation sites (N-methyl/N-ethyl adjacent to an activating group) is 1. The maximum absolute atomic E-state index is 12.2. The van der Waals surface area contributed by atoms with Gasteiger partial charge in [0.25, 0.3) is 0 Å². The van der Waals surface area contributed by atoms with E-state index in [1.807, 2.05) is 4.90 Å². The molecule has 1 saturated heterocycles. The predicted molar refractivity (Wildman–Crippen MR) is 73.5 cm³/mol. The summed E-state index contributed by atoms with van der Waals surface area (Å²) in [6.07, 6.45) is 1.59. The van der Waals surface area contributed by atoms with Gasteiger partial charge in [0.1, 0.15) is 0 Å². The number of carbonyl (C=O) groups excluding carboxylic acids is 1. The summed E-state index contributed by atoms with van der Waals surface area (Å²) in [7, 11) is 3.63. The van der Waals surface area contributed by atoms with Gasteiger partial charge in [-0.1, -0.05) is 0 Å². The molecule has 0 aromatic carbocycles. The highest BCUT2D eigenvalue weighted by Gasteiger charge is 2.25. The van der Waals surface area contributed by atoms with E-state index in [2.05, 4.69) is 29.2 Å². The number of nitrogens with one attached hydrogen (secondary N) is 1. The molecule has 2 amide bonds. The monoisotopic (exact) mass is 264 g/mol. The van der Waals surface area contributed by atoms with Crippen LogP contribution in [0.3, 0.4) is 0 Å². The van der Waals surface area contributed by atoms with Crippen LogP contribution >= 0.6 is 0 Å². The largest absolute Gasteiger partial charge is 0.481 e. The Balaban J connectivity index is 1.96. The van der Waals surface area contributed by atoms with Crippen molar-refractivity contribution in [2.24, 2.45) is 0 Å². The van der Waals surface area contributed by atoms with Gasteiger partial charge >= 0.3 is 6.03 Å². The lowest BCUT2D eigenvalue weighted by molar-refractivity contribution is 0.125. The Bertz CT molecular complexity index is 435. The quantitative estimate of drug-likeness (QED) is 0.873. The van der Waals surface area contributed by atoms with Gasteiger partial charge in [0.2, 0.25) is 5.88 Å². The molecule has 6 nitrogen and oxygen atoms in total. The van der Waals surface area contributed by atoms with Gasteiger partial charge in [-0.05, 0) is 20.0 Å². The summed E-state index contributed by atoms with van der Waals surface area (Å²) in [6.45, 7) is 4.60. The number of amides is 2. The minimum absolute atomic E-state index is 0.0763. The number of piperazine rings is 1. The third-order valence-corrected chi connectivity index (χ3v) is 3.29. The van der Waals surface area contributed by atoms with E-state index >= 15 is 0 Å². The molecule has 104 valence electrons. The molecule has 1 atom stereocenters. The molecule has 1 aliphatic rings. The molecular weight excluding hydrogens is 244 g/mol. The van der Waals surface area contributed by atoms with Crippen LogP contribution in [0, 0.1) is 0 Å². The van der Waals surface area contributed by atoms with Crippen LogP contribution < -0.4 is 10.1 Å². The van der Waals surface area contributed by atoms with Gasteiger partial charge in [0, 0.05) is 31.7 Å². The number of carbonyl (C=O) groups is 1. The molecule has 1 aromatic rings. The maximum atomic E-state index is 12.2. The van der Waals surface area contributed by atoms with Gasteiger partial charge < -0.3 is 19.9 Å². The fourth-order valence-corrected chi connectivity index (χ4v) is 2.21. The minimum atomic E-state index is -0.0763. The fourth-order valence-electron chi connectivity index (χ4n) is 2.21. The average molecular weight is 264 g/mol. The Kier molecular flexibility index (Phi) is 4.21.